The monoisotopic (exact) mass is 219 g/mol. The highest BCUT2D eigenvalue weighted by atomic mass is 32.1. The van der Waals surface area contributed by atoms with Crippen LogP contribution >= 0.6 is 11.3 Å². The van der Waals surface area contributed by atoms with E-state index in [0.717, 1.165) is 17.8 Å². The number of thiophene rings is 1. The van der Waals surface area contributed by atoms with Gasteiger partial charge in [-0.3, -0.25) is 9.97 Å². The smallest absolute Gasteiger partial charge is 0.0985 e. The Balaban J connectivity index is 2.23. The minimum absolute atomic E-state index is 0.617. The molecule has 0 aliphatic heterocycles. The van der Waals surface area contributed by atoms with Crippen LogP contribution in [0.5, 0.6) is 0 Å². The van der Waals surface area contributed by atoms with E-state index in [4.69, 9.17) is 5.73 Å². The van der Waals surface area contributed by atoms with Gasteiger partial charge in [0.25, 0.3) is 0 Å². The average Bonchev–Trinajstić information content (AvgIpc) is 2.67. The van der Waals surface area contributed by atoms with Crippen molar-refractivity contribution in [3.8, 4) is 10.6 Å². The molecule has 15 heavy (non-hydrogen) atoms. The van der Waals surface area contributed by atoms with Crippen LogP contribution in [0.25, 0.3) is 10.6 Å². The zero-order valence-electron chi connectivity index (χ0n) is 8.60. The van der Waals surface area contributed by atoms with Gasteiger partial charge in [-0.05, 0) is 30.5 Å². The second kappa shape index (κ2) is 4.51. The molecule has 2 N–H and O–H groups in total. The fourth-order valence-corrected chi connectivity index (χ4v) is 2.19. The van der Waals surface area contributed by atoms with E-state index in [1.165, 1.54) is 10.4 Å². The SMILES string of the molecule is Cc1csc(-c2cnc(CCN)cn2)c1. The van der Waals surface area contributed by atoms with Gasteiger partial charge in [0, 0.05) is 12.6 Å². The summed E-state index contributed by atoms with van der Waals surface area (Å²) >= 11 is 1.69. The Labute approximate surface area is 93.0 Å². The fourth-order valence-electron chi connectivity index (χ4n) is 1.32. The number of nitrogens with zero attached hydrogens (tertiary/aromatic N) is 2. The molecule has 2 aromatic heterocycles. The van der Waals surface area contributed by atoms with Crippen molar-refractivity contribution >= 4 is 11.3 Å². The Morgan fingerprint density at radius 1 is 1.33 bits per heavy atom. The molecule has 0 spiro atoms. The van der Waals surface area contributed by atoms with Crippen molar-refractivity contribution in [3.63, 3.8) is 0 Å². The summed E-state index contributed by atoms with van der Waals surface area (Å²) in [6.45, 7) is 2.70. The van der Waals surface area contributed by atoms with Crippen LogP contribution in [0.2, 0.25) is 0 Å². The first-order valence-corrected chi connectivity index (χ1v) is 5.74. The summed E-state index contributed by atoms with van der Waals surface area (Å²) in [6.07, 6.45) is 4.41. The first-order chi connectivity index (χ1) is 7.29. The Bertz CT molecular complexity index is 433. The number of rotatable bonds is 3. The van der Waals surface area contributed by atoms with Crippen LogP contribution in [0, 0.1) is 6.92 Å². The Morgan fingerprint density at radius 3 is 2.73 bits per heavy atom. The third-order valence-corrected chi connectivity index (χ3v) is 3.16. The van der Waals surface area contributed by atoms with E-state index < -0.39 is 0 Å². The topological polar surface area (TPSA) is 51.8 Å². The van der Waals surface area contributed by atoms with Crippen LogP contribution < -0.4 is 5.73 Å². The van der Waals surface area contributed by atoms with Gasteiger partial charge in [-0.15, -0.1) is 11.3 Å². The molecule has 0 fully saturated rings. The van der Waals surface area contributed by atoms with E-state index in [1.807, 2.05) is 6.20 Å². The van der Waals surface area contributed by atoms with Crippen LogP contribution in [0.3, 0.4) is 0 Å². The largest absolute Gasteiger partial charge is 0.330 e. The number of aromatic nitrogens is 2. The van der Waals surface area contributed by atoms with Gasteiger partial charge in [0.2, 0.25) is 0 Å². The van der Waals surface area contributed by atoms with Gasteiger partial charge in [0.1, 0.15) is 0 Å². The van der Waals surface area contributed by atoms with Crippen molar-refractivity contribution in [2.24, 2.45) is 5.73 Å². The Hall–Kier alpha value is -1.26. The zero-order chi connectivity index (χ0) is 10.7. The first kappa shape index (κ1) is 10.3. The quantitative estimate of drug-likeness (QED) is 0.859. The predicted molar refractivity (Wildman–Crippen MR) is 62.8 cm³/mol. The second-order valence-electron chi connectivity index (χ2n) is 3.42. The molecule has 0 saturated carbocycles. The van der Waals surface area contributed by atoms with E-state index in [9.17, 15) is 0 Å². The van der Waals surface area contributed by atoms with E-state index in [-0.39, 0.29) is 0 Å². The summed E-state index contributed by atoms with van der Waals surface area (Å²) < 4.78 is 0. The fraction of sp³-hybridized carbons (Fsp3) is 0.273. The number of hydrogen-bond donors (Lipinski definition) is 1. The minimum atomic E-state index is 0.617. The highest BCUT2D eigenvalue weighted by Gasteiger charge is 2.02. The molecule has 0 amide bonds. The Kier molecular flexibility index (Phi) is 3.08. The van der Waals surface area contributed by atoms with Gasteiger partial charge in [-0.1, -0.05) is 0 Å². The lowest BCUT2D eigenvalue weighted by Gasteiger charge is -1.98. The molecule has 0 aliphatic carbocycles. The first-order valence-electron chi connectivity index (χ1n) is 4.86. The van der Waals surface area contributed by atoms with Crippen LogP contribution in [0.1, 0.15) is 11.3 Å². The second-order valence-corrected chi connectivity index (χ2v) is 4.33. The lowest BCUT2D eigenvalue weighted by atomic mass is 10.3. The molecule has 2 heterocycles. The van der Waals surface area contributed by atoms with Crippen LogP contribution in [-0.4, -0.2) is 16.5 Å². The summed E-state index contributed by atoms with van der Waals surface area (Å²) in [5, 5.41) is 2.12. The normalized spacial score (nSPS) is 10.5. The van der Waals surface area contributed by atoms with Crippen LogP contribution in [0.4, 0.5) is 0 Å². The van der Waals surface area contributed by atoms with Gasteiger partial charge in [0.05, 0.1) is 22.5 Å². The van der Waals surface area contributed by atoms with Crippen LogP contribution in [-0.2, 0) is 6.42 Å². The molecule has 78 valence electrons. The van der Waals surface area contributed by atoms with Crippen molar-refractivity contribution < 1.29 is 0 Å². The molecular weight excluding hydrogens is 206 g/mol. The predicted octanol–water partition coefficient (Wildman–Crippen LogP) is 2.01. The van der Waals surface area contributed by atoms with Gasteiger partial charge >= 0.3 is 0 Å². The highest BCUT2D eigenvalue weighted by Crippen LogP contribution is 2.24. The molecule has 0 bridgehead atoms. The van der Waals surface area contributed by atoms with Crippen molar-refractivity contribution in [2.75, 3.05) is 6.54 Å². The minimum Gasteiger partial charge on any atom is -0.330 e. The number of hydrogen-bond acceptors (Lipinski definition) is 4. The van der Waals surface area contributed by atoms with E-state index in [0.29, 0.717) is 6.54 Å². The van der Waals surface area contributed by atoms with Gasteiger partial charge in [0.15, 0.2) is 0 Å². The van der Waals surface area contributed by atoms with Gasteiger partial charge in [-0.2, -0.15) is 0 Å². The lowest BCUT2D eigenvalue weighted by Crippen LogP contribution is -2.04. The summed E-state index contributed by atoms with van der Waals surface area (Å²) in [4.78, 5) is 9.86. The van der Waals surface area contributed by atoms with Crippen molar-refractivity contribution in [1.82, 2.24) is 9.97 Å². The zero-order valence-corrected chi connectivity index (χ0v) is 9.42. The van der Waals surface area contributed by atoms with Crippen LogP contribution in [0.15, 0.2) is 23.8 Å². The molecule has 0 saturated heterocycles. The molecule has 0 atom stereocenters. The third kappa shape index (κ3) is 2.40. The number of nitrogens with two attached hydrogens (primary N) is 1. The Morgan fingerprint density at radius 2 is 2.20 bits per heavy atom. The van der Waals surface area contributed by atoms with Gasteiger partial charge < -0.3 is 5.73 Å². The maximum atomic E-state index is 5.45. The van der Waals surface area contributed by atoms with E-state index in [1.54, 1.807) is 17.5 Å². The molecule has 0 unspecified atom stereocenters. The standard InChI is InChI=1S/C11H13N3S/c1-8-4-11(15-7-8)10-6-13-9(2-3-12)5-14-10/h4-7H,2-3,12H2,1H3. The van der Waals surface area contributed by atoms with E-state index in [2.05, 4.69) is 28.3 Å². The maximum Gasteiger partial charge on any atom is 0.0985 e. The van der Waals surface area contributed by atoms with Gasteiger partial charge in [-0.25, -0.2) is 0 Å². The summed E-state index contributed by atoms with van der Waals surface area (Å²) in [5.41, 5.74) is 8.61. The average molecular weight is 219 g/mol. The molecule has 2 aromatic rings. The van der Waals surface area contributed by atoms with E-state index >= 15 is 0 Å². The molecular formula is C11H13N3S. The molecule has 4 heteroatoms. The molecule has 0 aromatic carbocycles. The lowest BCUT2D eigenvalue weighted by molar-refractivity contribution is 0.910. The summed E-state index contributed by atoms with van der Waals surface area (Å²) in [5.74, 6) is 0. The molecule has 3 nitrogen and oxygen atoms in total. The van der Waals surface area contributed by atoms with Crippen molar-refractivity contribution in [3.05, 3.63) is 35.1 Å². The number of aryl methyl sites for hydroxylation is 1. The highest BCUT2D eigenvalue weighted by molar-refractivity contribution is 7.13. The van der Waals surface area contributed by atoms with Crippen molar-refractivity contribution in [1.29, 1.82) is 0 Å². The maximum absolute atomic E-state index is 5.45. The molecule has 0 aliphatic rings. The summed E-state index contributed by atoms with van der Waals surface area (Å²) in [7, 11) is 0. The van der Waals surface area contributed by atoms with Crippen molar-refractivity contribution in [2.45, 2.75) is 13.3 Å². The third-order valence-electron chi connectivity index (χ3n) is 2.09. The molecule has 2 rings (SSSR count). The molecule has 0 radical (unpaired) electrons. The summed E-state index contributed by atoms with van der Waals surface area (Å²) in [6, 6.07) is 2.12.